The number of aliphatic hydroxyl groups excluding tert-OH is 1. The van der Waals surface area contributed by atoms with E-state index in [1.165, 1.54) is 0 Å². The summed E-state index contributed by atoms with van der Waals surface area (Å²) in [7, 11) is 0. The van der Waals surface area contributed by atoms with Crippen molar-refractivity contribution in [2.24, 2.45) is 0 Å². The van der Waals surface area contributed by atoms with Crippen molar-refractivity contribution in [1.82, 2.24) is 20.2 Å². The fourth-order valence-corrected chi connectivity index (χ4v) is 2.92. The zero-order valence-electron chi connectivity index (χ0n) is 10.5. The number of aromatic nitrogens is 4. The maximum absolute atomic E-state index is 8.99. The number of halogens is 1. The summed E-state index contributed by atoms with van der Waals surface area (Å²) in [5.74, 6) is 0.851. The normalized spacial score (nSPS) is 19.5. The minimum atomic E-state index is 0.232. The van der Waals surface area contributed by atoms with Crippen molar-refractivity contribution < 1.29 is 5.11 Å². The van der Waals surface area contributed by atoms with E-state index in [0.717, 1.165) is 43.4 Å². The Morgan fingerprint density at radius 2 is 2.37 bits per heavy atom. The maximum Gasteiger partial charge on any atom is 0.226 e. The number of aromatic amines is 1. The molecule has 0 amide bonds. The molecule has 0 radical (unpaired) electrons. The van der Waals surface area contributed by atoms with Crippen LogP contribution in [0.3, 0.4) is 0 Å². The molecular formula is C12H16ClN5O. The van der Waals surface area contributed by atoms with Crippen LogP contribution in [0.25, 0.3) is 11.0 Å². The summed E-state index contributed by atoms with van der Waals surface area (Å²) in [5, 5.41) is 17.0. The highest BCUT2D eigenvalue weighted by Crippen LogP contribution is 2.31. The van der Waals surface area contributed by atoms with Crippen LogP contribution < -0.4 is 4.90 Å². The van der Waals surface area contributed by atoms with Crippen LogP contribution in [-0.2, 0) is 0 Å². The van der Waals surface area contributed by atoms with Gasteiger partial charge in [-0.3, -0.25) is 5.10 Å². The quantitative estimate of drug-likeness (QED) is 0.835. The summed E-state index contributed by atoms with van der Waals surface area (Å²) in [6.45, 7) is 1.19. The van der Waals surface area contributed by atoms with E-state index in [0.29, 0.717) is 11.7 Å². The molecule has 1 aliphatic heterocycles. The van der Waals surface area contributed by atoms with Gasteiger partial charge in [0, 0.05) is 19.2 Å². The van der Waals surface area contributed by atoms with E-state index in [9.17, 15) is 0 Å². The summed E-state index contributed by atoms with van der Waals surface area (Å²) < 4.78 is 0. The highest BCUT2D eigenvalue weighted by Gasteiger charge is 2.27. The summed E-state index contributed by atoms with van der Waals surface area (Å²) in [6.07, 6.45) is 5.78. The zero-order chi connectivity index (χ0) is 13.2. The monoisotopic (exact) mass is 281 g/mol. The molecule has 0 aromatic carbocycles. The van der Waals surface area contributed by atoms with E-state index in [-0.39, 0.29) is 11.9 Å². The second-order valence-corrected chi connectivity index (χ2v) is 5.14. The minimum absolute atomic E-state index is 0.232. The van der Waals surface area contributed by atoms with Gasteiger partial charge in [-0.2, -0.15) is 15.1 Å². The van der Waals surface area contributed by atoms with Gasteiger partial charge in [-0.1, -0.05) is 0 Å². The Balaban J connectivity index is 1.96. The van der Waals surface area contributed by atoms with Crippen molar-refractivity contribution >= 4 is 28.5 Å². The van der Waals surface area contributed by atoms with E-state index in [4.69, 9.17) is 16.7 Å². The lowest BCUT2D eigenvalue weighted by Gasteiger charge is -2.26. The van der Waals surface area contributed by atoms with Crippen LogP contribution in [0.4, 0.5) is 5.82 Å². The van der Waals surface area contributed by atoms with Gasteiger partial charge in [0.05, 0.1) is 11.6 Å². The van der Waals surface area contributed by atoms with Crippen LogP contribution in [0.2, 0.25) is 5.28 Å². The average Bonchev–Trinajstić information content (AvgIpc) is 3.03. The first-order valence-corrected chi connectivity index (χ1v) is 6.91. The Morgan fingerprint density at radius 1 is 1.47 bits per heavy atom. The van der Waals surface area contributed by atoms with Crippen molar-refractivity contribution in [2.45, 2.75) is 31.7 Å². The summed E-state index contributed by atoms with van der Waals surface area (Å²) in [6, 6.07) is 0.413. The van der Waals surface area contributed by atoms with Crippen molar-refractivity contribution in [3.63, 3.8) is 0 Å². The number of hydrogen-bond donors (Lipinski definition) is 2. The highest BCUT2D eigenvalue weighted by atomic mass is 35.5. The lowest BCUT2D eigenvalue weighted by Crippen LogP contribution is -2.30. The molecule has 3 rings (SSSR count). The van der Waals surface area contributed by atoms with Crippen LogP contribution in [0.5, 0.6) is 0 Å². The molecule has 0 aliphatic carbocycles. The van der Waals surface area contributed by atoms with Crippen molar-refractivity contribution in [1.29, 1.82) is 0 Å². The SMILES string of the molecule is OCCCC1CCCN1c1nc(Cl)nc2[nH]ncc12. The standard InChI is InChI=1S/C12H16ClN5O/c13-12-15-10-9(7-14-17-10)11(16-12)18-5-1-3-8(18)4-2-6-19/h7-8,19H,1-6H2,(H,14,15,16,17). The number of hydrogen-bond acceptors (Lipinski definition) is 5. The van der Waals surface area contributed by atoms with Crippen LogP contribution in [-0.4, -0.2) is 44.5 Å². The molecule has 6 nitrogen and oxygen atoms in total. The second kappa shape index (κ2) is 5.30. The van der Waals surface area contributed by atoms with Gasteiger partial charge in [0.1, 0.15) is 5.82 Å². The minimum Gasteiger partial charge on any atom is -0.396 e. The molecule has 19 heavy (non-hydrogen) atoms. The Kier molecular flexibility index (Phi) is 3.52. The number of aliphatic hydroxyl groups is 1. The summed E-state index contributed by atoms with van der Waals surface area (Å²) in [5.41, 5.74) is 0.669. The third kappa shape index (κ3) is 2.37. The molecule has 102 valence electrons. The fraction of sp³-hybridized carbons (Fsp3) is 0.583. The molecule has 2 aromatic heterocycles. The molecule has 1 saturated heterocycles. The molecule has 1 aliphatic rings. The third-order valence-electron chi connectivity index (χ3n) is 3.61. The highest BCUT2D eigenvalue weighted by molar-refractivity contribution is 6.28. The van der Waals surface area contributed by atoms with Gasteiger partial charge < -0.3 is 10.0 Å². The largest absolute Gasteiger partial charge is 0.396 e. The van der Waals surface area contributed by atoms with Crippen LogP contribution in [0, 0.1) is 0 Å². The van der Waals surface area contributed by atoms with Crippen molar-refractivity contribution in [2.75, 3.05) is 18.1 Å². The molecule has 2 N–H and O–H groups in total. The van der Waals surface area contributed by atoms with E-state index < -0.39 is 0 Å². The van der Waals surface area contributed by atoms with Gasteiger partial charge in [-0.05, 0) is 37.3 Å². The van der Waals surface area contributed by atoms with Gasteiger partial charge in [-0.25, -0.2) is 0 Å². The number of H-pyrrole nitrogens is 1. The first-order valence-electron chi connectivity index (χ1n) is 6.53. The predicted octanol–water partition coefficient (Wildman–Crippen LogP) is 1.75. The van der Waals surface area contributed by atoms with Crippen molar-refractivity contribution in [3.05, 3.63) is 11.5 Å². The Bertz CT molecular complexity index is 572. The lowest BCUT2D eigenvalue weighted by atomic mass is 10.1. The molecule has 1 fully saturated rings. The van der Waals surface area contributed by atoms with E-state index in [1.807, 2.05) is 0 Å². The number of nitrogens with zero attached hydrogens (tertiary/aromatic N) is 4. The fourth-order valence-electron chi connectivity index (χ4n) is 2.75. The second-order valence-electron chi connectivity index (χ2n) is 4.80. The predicted molar refractivity (Wildman–Crippen MR) is 73.4 cm³/mol. The van der Waals surface area contributed by atoms with Gasteiger partial charge in [0.2, 0.25) is 5.28 Å². The average molecular weight is 282 g/mol. The van der Waals surface area contributed by atoms with E-state index >= 15 is 0 Å². The molecule has 1 unspecified atom stereocenters. The summed E-state index contributed by atoms with van der Waals surface area (Å²) >= 11 is 5.97. The van der Waals surface area contributed by atoms with Crippen molar-refractivity contribution in [3.8, 4) is 0 Å². The Hall–Kier alpha value is -1.40. The van der Waals surface area contributed by atoms with Gasteiger partial charge >= 0.3 is 0 Å². The lowest BCUT2D eigenvalue weighted by molar-refractivity contribution is 0.279. The van der Waals surface area contributed by atoms with Gasteiger partial charge in [0.25, 0.3) is 0 Å². The molecule has 0 bridgehead atoms. The third-order valence-corrected chi connectivity index (χ3v) is 3.78. The van der Waals surface area contributed by atoms with Gasteiger partial charge in [0.15, 0.2) is 5.65 Å². The zero-order valence-corrected chi connectivity index (χ0v) is 11.3. The maximum atomic E-state index is 8.99. The number of fused-ring (bicyclic) bond motifs is 1. The Morgan fingerprint density at radius 3 is 3.21 bits per heavy atom. The van der Waals surface area contributed by atoms with E-state index in [2.05, 4.69) is 25.1 Å². The molecule has 0 saturated carbocycles. The Labute approximate surface area is 115 Å². The summed E-state index contributed by atoms with van der Waals surface area (Å²) in [4.78, 5) is 10.8. The molecule has 1 atom stereocenters. The van der Waals surface area contributed by atoms with Crippen LogP contribution in [0.1, 0.15) is 25.7 Å². The first kappa shape index (κ1) is 12.6. The van der Waals surface area contributed by atoms with Gasteiger partial charge in [-0.15, -0.1) is 0 Å². The van der Waals surface area contributed by atoms with E-state index in [1.54, 1.807) is 6.20 Å². The van der Waals surface area contributed by atoms with Crippen LogP contribution in [0.15, 0.2) is 6.20 Å². The number of anilines is 1. The van der Waals surface area contributed by atoms with Crippen LogP contribution >= 0.6 is 11.6 Å². The molecule has 3 heterocycles. The molecule has 0 spiro atoms. The number of rotatable bonds is 4. The topological polar surface area (TPSA) is 77.9 Å². The smallest absolute Gasteiger partial charge is 0.226 e. The molecule has 2 aromatic rings. The first-order chi connectivity index (χ1) is 9.29. The molecular weight excluding hydrogens is 266 g/mol. The molecule has 7 heteroatoms. The number of nitrogens with one attached hydrogen (secondary N) is 1.